The van der Waals surface area contributed by atoms with Gasteiger partial charge in [-0.3, -0.25) is 0 Å². The molecule has 0 N–H and O–H groups in total. The molecule has 2 aromatic rings. The van der Waals surface area contributed by atoms with Gasteiger partial charge in [0.05, 0.1) is 12.7 Å². The van der Waals surface area contributed by atoms with Crippen LogP contribution in [-0.2, 0) is 6.18 Å². The molecule has 1 nitrogen and oxygen atoms in total. The fraction of sp³-hybridized carbons (Fsp3) is 0.143. The van der Waals surface area contributed by atoms with Gasteiger partial charge >= 0.3 is 6.18 Å². The summed E-state index contributed by atoms with van der Waals surface area (Å²) in [5, 5.41) is 0. The highest BCUT2D eigenvalue weighted by Gasteiger charge is 2.31. The molecule has 0 bridgehead atoms. The summed E-state index contributed by atoms with van der Waals surface area (Å²) in [5.41, 5.74) is -0.694. The van der Waals surface area contributed by atoms with Gasteiger partial charge in [-0.2, -0.15) is 13.2 Å². The minimum Gasteiger partial charge on any atom is -0.497 e. The maximum Gasteiger partial charge on any atom is 0.416 e. The van der Waals surface area contributed by atoms with Crippen molar-refractivity contribution < 1.29 is 26.7 Å². The number of methoxy groups -OCH3 is 1. The molecule has 0 aromatic heterocycles. The highest BCUT2D eigenvalue weighted by Crippen LogP contribution is 2.35. The van der Waals surface area contributed by atoms with Crippen molar-refractivity contribution >= 4 is 0 Å². The lowest BCUT2D eigenvalue weighted by atomic mass is 10.0. The first-order valence-electron chi connectivity index (χ1n) is 5.53. The van der Waals surface area contributed by atoms with Gasteiger partial charge in [0.25, 0.3) is 0 Å². The Morgan fingerprint density at radius 1 is 0.850 bits per heavy atom. The van der Waals surface area contributed by atoms with Crippen LogP contribution in [0.1, 0.15) is 5.56 Å². The number of alkyl halides is 3. The Balaban J connectivity index is 2.58. The molecule has 0 unspecified atom stereocenters. The van der Waals surface area contributed by atoms with Crippen LogP contribution in [0.2, 0.25) is 0 Å². The van der Waals surface area contributed by atoms with E-state index < -0.39 is 23.4 Å². The lowest BCUT2D eigenvalue weighted by molar-refractivity contribution is -0.137. The van der Waals surface area contributed by atoms with E-state index in [1.165, 1.54) is 19.2 Å². The molecular formula is C14H9F5O. The van der Waals surface area contributed by atoms with Crippen LogP contribution >= 0.6 is 0 Å². The summed E-state index contributed by atoms with van der Waals surface area (Å²) >= 11 is 0. The van der Waals surface area contributed by atoms with Gasteiger partial charge < -0.3 is 4.74 Å². The van der Waals surface area contributed by atoms with Gasteiger partial charge in [-0.05, 0) is 41.5 Å². The molecule has 6 heteroatoms. The predicted molar refractivity (Wildman–Crippen MR) is 63.3 cm³/mol. The lowest BCUT2D eigenvalue weighted by Crippen LogP contribution is -2.05. The second-order valence-corrected chi connectivity index (χ2v) is 4.08. The van der Waals surface area contributed by atoms with E-state index >= 15 is 0 Å². The standard InChI is InChI=1S/C14H9F5O/c1-20-11-5-9(4-10(7-11)14(17,18)19)8-2-3-12(15)13(16)6-8/h2-7H,1H3. The SMILES string of the molecule is COc1cc(-c2ccc(F)c(F)c2)cc(C(F)(F)F)c1. The molecule has 0 atom stereocenters. The van der Waals surface area contributed by atoms with Crippen molar-refractivity contribution in [3.05, 3.63) is 53.6 Å². The summed E-state index contributed by atoms with van der Waals surface area (Å²) in [4.78, 5) is 0. The largest absolute Gasteiger partial charge is 0.497 e. The van der Waals surface area contributed by atoms with Gasteiger partial charge in [0.2, 0.25) is 0 Å². The number of benzene rings is 2. The van der Waals surface area contributed by atoms with E-state index in [-0.39, 0.29) is 16.9 Å². The maximum atomic E-state index is 13.2. The average molecular weight is 288 g/mol. The smallest absolute Gasteiger partial charge is 0.416 e. The molecule has 20 heavy (non-hydrogen) atoms. The molecule has 2 aromatic carbocycles. The number of hydrogen-bond donors (Lipinski definition) is 0. The van der Waals surface area contributed by atoms with Crippen LogP contribution in [0.25, 0.3) is 11.1 Å². The van der Waals surface area contributed by atoms with Gasteiger partial charge in [0.15, 0.2) is 11.6 Å². The van der Waals surface area contributed by atoms with E-state index in [1.54, 1.807) is 0 Å². The summed E-state index contributed by atoms with van der Waals surface area (Å²) in [6.07, 6.45) is -4.55. The summed E-state index contributed by atoms with van der Waals surface area (Å²) in [6.45, 7) is 0. The second-order valence-electron chi connectivity index (χ2n) is 4.08. The van der Waals surface area contributed by atoms with Gasteiger partial charge in [-0.15, -0.1) is 0 Å². The molecular weight excluding hydrogens is 279 g/mol. The molecule has 0 fully saturated rings. The summed E-state index contributed by atoms with van der Waals surface area (Å²) in [5.74, 6) is -2.20. The Morgan fingerprint density at radius 3 is 2.10 bits per heavy atom. The molecule has 0 saturated carbocycles. The van der Waals surface area contributed by atoms with Crippen molar-refractivity contribution in [3.8, 4) is 16.9 Å². The second kappa shape index (κ2) is 5.11. The van der Waals surface area contributed by atoms with Crippen molar-refractivity contribution in [2.45, 2.75) is 6.18 Å². The van der Waals surface area contributed by atoms with Crippen molar-refractivity contribution in [2.75, 3.05) is 7.11 Å². The molecule has 0 saturated heterocycles. The van der Waals surface area contributed by atoms with Crippen LogP contribution in [0.15, 0.2) is 36.4 Å². The fourth-order valence-corrected chi connectivity index (χ4v) is 1.72. The van der Waals surface area contributed by atoms with Crippen LogP contribution in [0.4, 0.5) is 22.0 Å². The highest BCUT2D eigenvalue weighted by molar-refractivity contribution is 5.66. The summed E-state index contributed by atoms with van der Waals surface area (Å²) in [7, 11) is 1.23. The van der Waals surface area contributed by atoms with Crippen molar-refractivity contribution in [1.82, 2.24) is 0 Å². The first-order chi connectivity index (χ1) is 9.31. The predicted octanol–water partition coefficient (Wildman–Crippen LogP) is 4.66. The third-order valence-electron chi connectivity index (χ3n) is 2.72. The van der Waals surface area contributed by atoms with Gasteiger partial charge in [0, 0.05) is 0 Å². The van der Waals surface area contributed by atoms with E-state index in [0.29, 0.717) is 0 Å². The minimum absolute atomic E-state index is 0.0143. The minimum atomic E-state index is -4.55. The number of hydrogen-bond acceptors (Lipinski definition) is 1. The maximum absolute atomic E-state index is 13.2. The number of rotatable bonds is 2. The fourth-order valence-electron chi connectivity index (χ4n) is 1.72. The third-order valence-corrected chi connectivity index (χ3v) is 2.72. The van der Waals surface area contributed by atoms with Crippen LogP contribution in [-0.4, -0.2) is 7.11 Å². The zero-order chi connectivity index (χ0) is 14.9. The molecule has 0 heterocycles. The zero-order valence-electron chi connectivity index (χ0n) is 10.3. The van der Waals surface area contributed by atoms with Gasteiger partial charge in [-0.1, -0.05) is 6.07 Å². The molecule has 2 rings (SSSR count). The first kappa shape index (κ1) is 14.3. The topological polar surface area (TPSA) is 9.23 Å². The third kappa shape index (κ3) is 2.89. The molecule has 0 aliphatic rings. The van der Waals surface area contributed by atoms with Crippen molar-refractivity contribution in [2.24, 2.45) is 0 Å². The quantitative estimate of drug-likeness (QED) is 0.730. The summed E-state index contributed by atoms with van der Waals surface area (Å²) in [6, 6.07) is 5.91. The van der Waals surface area contributed by atoms with Crippen LogP contribution in [0, 0.1) is 11.6 Å². The van der Waals surface area contributed by atoms with Crippen molar-refractivity contribution in [1.29, 1.82) is 0 Å². The Morgan fingerprint density at radius 2 is 1.55 bits per heavy atom. The number of halogens is 5. The van der Waals surface area contributed by atoms with E-state index in [4.69, 9.17) is 4.74 Å². The zero-order valence-corrected chi connectivity index (χ0v) is 10.3. The highest BCUT2D eigenvalue weighted by atomic mass is 19.4. The van der Waals surface area contributed by atoms with E-state index in [1.807, 2.05) is 0 Å². The Kier molecular flexibility index (Phi) is 3.65. The van der Waals surface area contributed by atoms with E-state index in [2.05, 4.69) is 0 Å². The lowest BCUT2D eigenvalue weighted by Gasteiger charge is -2.12. The monoisotopic (exact) mass is 288 g/mol. The Bertz CT molecular complexity index is 634. The molecule has 0 spiro atoms. The molecule has 0 aliphatic heterocycles. The van der Waals surface area contributed by atoms with Crippen LogP contribution in [0.3, 0.4) is 0 Å². The Hall–Kier alpha value is -2.11. The van der Waals surface area contributed by atoms with Gasteiger partial charge in [0.1, 0.15) is 5.75 Å². The van der Waals surface area contributed by atoms with E-state index in [0.717, 1.165) is 24.3 Å². The normalized spacial score (nSPS) is 11.5. The Labute approximate surface area is 111 Å². The first-order valence-corrected chi connectivity index (χ1v) is 5.53. The number of ether oxygens (including phenoxy) is 1. The average Bonchev–Trinajstić information content (AvgIpc) is 2.40. The summed E-state index contributed by atoms with van der Waals surface area (Å²) < 4.78 is 69.1. The van der Waals surface area contributed by atoms with Gasteiger partial charge in [-0.25, -0.2) is 8.78 Å². The van der Waals surface area contributed by atoms with E-state index in [9.17, 15) is 22.0 Å². The molecule has 106 valence electrons. The van der Waals surface area contributed by atoms with Crippen molar-refractivity contribution in [3.63, 3.8) is 0 Å². The van der Waals surface area contributed by atoms with Crippen LogP contribution < -0.4 is 4.74 Å². The molecule has 0 radical (unpaired) electrons. The molecule has 0 aliphatic carbocycles. The molecule has 0 amide bonds. The van der Waals surface area contributed by atoms with Crippen LogP contribution in [0.5, 0.6) is 5.75 Å².